The molecule has 1 aromatic heterocycles. The van der Waals surface area contributed by atoms with E-state index < -0.39 is 0 Å². The quantitative estimate of drug-likeness (QED) is 0.474. The molecule has 28 heavy (non-hydrogen) atoms. The molecule has 0 radical (unpaired) electrons. The molecule has 0 aliphatic heterocycles. The number of hydrogen-bond donors (Lipinski definition) is 1. The van der Waals surface area contributed by atoms with Crippen molar-refractivity contribution in [2.75, 3.05) is 11.1 Å². The van der Waals surface area contributed by atoms with Crippen LogP contribution in [0.1, 0.15) is 23.9 Å². The first kappa shape index (κ1) is 20.4. The minimum Gasteiger partial charge on any atom is -0.484 e. The Morgan fingerprint density at radius 2 is 2.00 bits per heavy atom. The standard InChI is InChI=1S/C20H20BrN3O3S/c1-3-14-4-7-16(8-5-14)26-11-19-23-24-20(27-19)28-12-18(25)22-17-9-6-15(21)10-13(17)2/h4-10H,3,11-12H2,1-2H3,(H,22,25). The summed E-state index contributed by atoms with van der Waals surface area (Å²) < 4.78 is 12.1. The maximum Gasteiger partial charge on any atom is 0.277 e. The van der Waals surface area contributed by atoms with Crippen molar-refractivity contribution in [3.8, 4) is 5.75 Å². The summed E-state index contributed by atoms with van der Waals surface area (Å²) >= 11 is 4.59. The van der Waals surface area contributed by atoms with Crippen LogP contribution in [0.2, 0.25) is 0 Å². The maximum absolute atomic E-state index is 12.1. The zero-order valence-electron chi connectivity index (χ0n) is 15.6. The van der Waals surface area contributed by atoms with Gasteiger partial charge in [-0.3, -0.25) is 4.79 Å². The average Bonchev–Trinajstić information content (AvgIpc) is 3.15. The monoisotopic (exact) mass is 461 g/mol. The van der Waals surface area contributed by atoms with E-state index in [0.717, 1.165) is 27.9 Å². The van der Waals surface area contributed by atoms with E-state index in [-0.39, 0.29) is 18.3 Å². The maximum atomic E-state index is 12.1. The van der Waals surface area contributed by atoms with Gasteiger partial charge in [-0.2, -0.15) is 0 Å². The van der Waals surface area contributed by atoms with Crippen LogP contribution in [0.5, 0.6) is 5.75 Å². The third-order valence-corrected chi connectivity index (χ3v) is 5.24. The lowest BCUT2D eigenvalue weighted by Crippen LogP contribution is -2.14. The van der Waals surface area contributed by atoms with E-state index in [1.807, 2.05) is 49.4 Å². The van der Waals surface area contributed by atoms with Crippen molar-refractivity contribution in [2.45, 2.75) is 32.1 Å². The van der Waals surface area contributed by atoms with Crippen molar-refractivity contribution >= 4 is 39.3 Å². The predicted octanol–water partition coefficient (Wildman–Crippen LogP) is 5.01. The molecule has 1 N–H and O–H groups in total. The minimum absolute atomic E-state index is 0.137. The summed E-state index contributed by atoms with van der Waals surface area (Å²) in [5.41, 5.74) is 3.01. The Bertz CT molecular complexity index is 944. The summed E-state index contributed by atoms with van der Waals surface area (Å²) in [5.74, 6) is 1.15. The summed E-state index contributed by atoms with van der Waals surface area (Å²) in [7, 11) is 0. The summed E-state index contributed by atoms with van der Waals surface area (Å²) in [4.78, 5) is 12.1. The van der Waals surface area contributed by atoms with Gasteiger partial charge in [0.2, 0.25) is 5.91 Å². The first-order valence-electron chi connectivity index (χ1n) is 8.76. The number of amides is 1. The van der Waals surface area contributed by atoms with Crippen molar-refractivity contribution in [3.05, 3.63) is 64.0 Å². The smallest absolute Gasteiger partial charge is 0.277 e. The Morgan fingerprint density at radius 1 is 1.21 bits per heavy atom. The summed E-state index contributed by atoms with van der Waals surface area (Å²) in [6.07, 6.45) is 0.986. The van der Waals surface area contributed by atoms with Gasteiger partial charge in [0, 0.05) is 10.2 Å². The molecule has 0 unspecified atom stereocenters. The van der Waals surface area contributed by atoms with Crippen LogP contribution in [0.15, 0.2) is 56.6 Å². The fourth-order valence-corrected chi connectivity index (χ4v) is 3.46. The molecule has 0 bridgehead atoms. The highest BCUT2D eigenvalue weighted by molar-refractivity contribution is 9.10. The number of benzene rings is 2. The number of carbonyl (C=O) groups excluding carboxylic acids is 1. The molecule has 0 saturated heterocycles. The fraction of sp³-hybridized carbons (Fsp3) is 0.250. The number of halogens is 1. The zero-order chi connectivity index (χ0) is 19.9. The van der Waals surface area contributed by atoms with E-state index in [0.29, 0.717) is 11.1 Å². The molecule has 0 aliphatic carbocycles. The second-order valence-corrected chi connectivity index (χ2v) is 7.89. The first-order chi connectivity index (χ1) is 13.5. The molecule has 3 rings (SSSR count). The van der Waals surface area contributed by atoms with Crippen molar-refractivity contribution in [1.82, 2.24) is 10.2 Å². The molecule has 1 heterocycles. The number of thioether (sulfide) groups is 1. The number of nitrogens with one attached hydrogen (secondary N) is 1. The highest BCUT2D eigenvalue weighted by Crippen LogP contribution is 2.22. The number of hydrogen-bond acceptors (Lipinski definition) is 6. The molecular formula is C20H20BrN3O3S. The van der Waals surface area contributed by atoms with Crippen LogP contribution in [0, 0.1) is 6.92 Å². The van der Waals surface area contributed by atoms with Gasteiger partial charge in [-0.1, -0.05) is 46.7 Å². The second-order valence-electron chi connectivity index (χ2n) is 6.04. The zero-order valence-corrected chi connectivity index (χ0v) is 18.0. The van der Waals surface area contributed by atoms with E-state index in [1.165, 1.54) is 17.3 Å². The number of nitrogens with zero attached hydrogens (tertiary/aromatic N) is 2. The van der Waals surface area contributed by atoms with Crippen molar-refractivity contribution < 1.29 is 13.9 Å². The molecule has 6 nitrogen and oxygen atoms in total. The summed E-state index contributed by atoms with van der Waals surface area (Å²) in [5, 5.41) is 11.1. The lowest BCUT2D eigenvalue weighted by atomic mass is 10.2. The van der Waals surface area contributed by atoms with Gasteiger partial charge in [-0.25, -0.2) is 0 Å². The molecule has 146 valence electrons. The number of rotatable bonds is 8. The highest BCUT2D eigenvalue weighted by Gasteiger charge is 2.11. The van der Waals surface area contributed by atoms with E-state index in [4.69, 9.17) is 9.15 Å². The van der Waals surface area contributed by atoms with Crippen molar-refractivity contribution in [3.63, 3.8) is 0 Å². The Kier molecular flexibility index (Phi) is 7.11. The van der Waals surface area contributed by atoms with Crippen molar-refractivity contribution in [1.29, 1.82) is 0 Å². The Morgan fingerprint density at radius 3 is 2.71 bits per heavy atom. The number of carbonyl (C=O) groups is 1. The van der Waals surface area contributed by atoms with E-state index in [9.17, 15) is 4.79 Å². The van der Waals surface area contributed by atoms with Gasteiger partial charge in [0.25, 0.3) is 11.1 Å². The SMILES string of the molecule is CCc1ccc(OCc2nnc(SCC(=O)Nc3ccc(Br)cc3C)o2)cc1. The molecule has 0 aliphatic rings. The summed E-state index contributed by atoms with van der Waals surface area (Å²) in [6, 6.07) is 13.6. The van der Waals surface area contributed by atoms with Crippen LogP contribution < -0.4 is 10.1 Å². The normalized spacial score (nSPS) is 10.7. The lowest BCUT2D eigenvalue weighted by Gasteiger charge is -2.07. The van der Waals surface area contributed by atoms with Gasteiger partial charge in [-0.05, 0) is 54.8 Å². The lowest BCUT2D eigenvalue weighted by molar-refractivity contribution is -0.113. The largest absolute Gasteiger partial charge is 0.484 e. The Labute approximate surface area is 176 Å². The van der Waals surface area contributed by atoms with Crippen LogP contribution >= 0.6 is 27.7 Å². The molecule has 1 amide bonds. The molecule has 0 saturated carbocycles. The van der Waals surface area contributed by atoms with Crippen molar-refractivity contribution in [2.24, 2.45) is 0 Å². The average molecular weight is 462 g/mol. The number of anilines is 1. The number of aryl methyl sites for hydroxylation is 2. The topological polar surface area (TPSA) is 77.2 Å². The van der Waals surface area contributed by atoms with Gasteiger partial charge in [-0.15, -0.1) is 10.2 Å². The minimum atomic E-state index is -0.137. The third kappa shape index (κ3) is 5.84. The van der Waals surface area contributed by atoms with Gasteiger partial charge in [0.15, 0.2) is 6.61 Å². The van der Waals surface area contributed by atoms with E-state index in [2.05, 4.69) is 38.4 Å². The number of aromatic nitrogens is 2. The highest BCUT2D eigenvalue weighted by atomic mass is 79.9. The van der Waals surface area contributed by atoms with Crippen LogP contribution in [0.3, 0.4) is 0 Å². The van der Waals surface area contributed by atoms with Crippen LogP contribution in [-0.2, 0) is 17.8 Å². The van der Waals surface area contributed by atoms with Crippen LogP contribution in [0.25, 0.3) is 0 Å². The van der Waals surface area contributed by atoms with Gasteiger partial charge < -0.3 is 14.5 Å². The molecule has 2 aromatic carbocycles. The molecule has 0 atom stereocenters. The third-order valence-electron chi connectivity index (χ3n) is 3.93. The van der Waals surface area contributed by atoms with Crippen LogP contribution in [0.4, 0.5) is 5.69 Å². The molecule has 3 aromatic rings. The van der Waals surface area contributed by atoms with Gasteiger partial charge >= 0.3 is 0 Å². The predicted molar refractivity (Wildman–Crippen MR) is 113 cm³/mol. The van der Waals surface area contributed by atoms with Crippen LogP contribution in [-0.4, -0.2) is 21.9 Å². The Hall–Kier alpha value is -2.32. The van der Waals surface area contributed by atoms with Gasteiger partial charge in [0.1, 0.15) is 5.75 Å². The molecule has 0 spiro atoms. The summed E-state index contributed by atoms with van der Waals surface area (Å²) in [6.45, 7) is 4.23. The molecule has 8 heteroatoms. The number of ether oxygens (including phenoxy) is 1. The van der Waals surface area contributed by atoms with E-state index in [1.54, 1.807) is 0 Å². The Balaban J connectivity index is 1.46. The van der Waals surface area contributed by atoms with Gasteiger partial charge in [0.05, 0.1) is 5.75 Å². The molecular weight excluding hydrogens is 442 g/mol. The van der Waals surface area contributed by atoms with E-state index >= 15 is 0 Å². The first-order valence-corrected chi connectivity index (χ1v) is 10.5. The second kappa shape index (κ2) is 9.75. The molecule has 0 fully saturated rings. The fourth-order valence-electron chi connectivity index (χ4n) is 2.40.